The third kappa shape index (κ3) is 4.54. The van der Waals surface area contributed by atoms with Crippen LogP contribution in [0.25, 0.3) is 10.8 Å². The summed E-state index contributed by atoms with van der Waals surface area (Å²) in [5, 5.41) is 6.39. The number of allylic oxidation sites excluding steroid dienone is 2. The minimum Gasteiger partial charge on any atom is -0.359 e. The maximum Gasteiger partial charge on any atom is 0.0500 e. The minimum absolute atomic E-state index is 0.0831. The molecule has 1 N–H and O–H groups in total. The molecule has 0 bridgehead atoms. The molecule has 0 aromatic heterocycles. The van der Waals surface area contributed by atoms with Crippen molar-refractivity contribution in [3.05, 3.63) is 119 Å². The van der Waals surface area contributed by atoms with Gasteiger partial charge in [0.1, 0.15) is 0 Å². The van der Waals surface area contributed by atoms with Gasteiger partial charge in [-0.15, -0.1) is 0 Å². The first-order valence-electron chi connectivity index (χ1n) is 12.4. The van der Waals surface area contributed by atoms with Crippen LogP contribution in [-0.4, -0.2) is 10.1 Å². The molecule has 5 rings (SSSR count). The summed E-state index contributed by atoms with van der Waals surface area (Å²) < 4.78 is 4.26. The molecule has 178 valence electrons. The van der Waals surface area contributed by atoms with Gasteiger partial charge in [0.25, 0.3) is 0 Å². The van der Waals surface area contributed by atoms with E-state index in [0.29, 0.717) is 0 Å². The van der Waals surface area contributed by atoms with Crippen molar-refractivity contribution in [3.8, 4) is 0 Å². The topological polar surface area (TPSA) is 15.3 Å². The predicted molar refractivity (Wildman–Crippen MR) is 162 cm³/mol. The number of benzene rings is 4. The summed E-state index contributed by atoms with van der Waals surface area (Å²) in [4.78, 5) is 0. The number of para-hydroxylation sites is 1. The van der Waals surface area contributed by atoms with Crippen molar-refractivity contribution in [1.29, 1.82) is 0 Å². The molecule has 2 nitrogen and oxygen atoms in total. The Kier molecular flexibility index (Phi) is 6.79. The Balaban J connectivity index is 1.73. The van der Waals surface area contributed by atoms with Crippen LogP contribution in [0.4, 0.5) is 11.4 Å². The van der Waals surface area contributed by atoms with Crippen LogP contribution in [0.5, 0.6) is 0 Å². The Morgan fingerprint density at radius 1 is 0.829 bits per heavy atom. The molecular weight excluding hydrogens is 539 g/mol. The van der Waals surface area contributed by atoms with E-state index < -0.39 is 0 Å². The van der Waals surface area contributed by atoms with Gasteiger partial charge >= 0.3 is 0 Å². The van der Waals surface area contributed by atoms with E-state index in [0.717, 1.165) is 18.7 Å². The number of fused-ring (bicyclic) bond motifs is 3. The van der Waals surface area contributed by atoms with Gasteiger partial charge in [0.05, 0.1) is 5.69 Å². The van der Waals surface area contributed by atoms with E-state index in [1.165, 1.54) is 38.9 Å². The molecule has 4 aromatic carbocycles. The third-order valence-corrected chi connectivity index (χ3v) is 11.3. The van der Waals surface area contributed by atoms with Crippen molar-refractivity contribution in [2.75, 3.05) is 15.0 Å². The van der Waals surface area contributed by atoms with E-state index in [2.05, 4.69) is 133 Å². The second-order valence-electron chi connectivity index (χ2n) is 9.49. The first-order valence-corrected chi connectivity index (χ1v) is 14.4. The SMILES string of the molecule is CCN1I=C(C(C)=C(C)Nc2ccccc2)C(C)(Cc2ccccc2)c2c1ccc1ccccc21. The van der Waals surface area contributed by atoms with Gasteiger partial charge in [-0.25, -0.2) is 0 Å². The molecule has 1 aliphatic rings. The lowest BCUT2D eigenvalue weighted by molar-refractivity contribution is 0.647. The van der Waals surface area contributed by atoms with Gasteiger partial charge in [-0.05, 0) is 72.9 Å². The molecule has 35 heavy (non-hydrogen) atoms. The molecule has 1 unspecified atom stereocenters. The normalized spacial score (nSPS) is 18.3. The van der Waals surface area contributed by atoms with Crippen molar-refractivity contribution < 1.29 is 0 Å². The quantitative estimate of drug-likeness (QED) is 0.184. The van der Waals surface area contributed by atoms with Crippen LogP contribution >= 0.6 is 21.0 Å². The monoisotopic (exact) mass is 572 g/mol. The number of nitrogens with one attached hydrogen (secondary N) is 1. The largest absolute Gasteiger partial charge is 0.359 e. The Bertz CT molecular complexity index is 1410. The number of hydrogen-bond donors (Lipinski definition) is 1. The zero-order valence-electron chi connectivity index (χ0n) is 21.0. The highest BCUT2D eigenvalue weighted by Gasteiger charge is 2.41. The van der Waals surface area contributed by atoms with E-state index >= 15 is 0 Å². The van der Waals surface area contributed by atoms with Gasteiger partial charge in [-0.2, -0.15) is 0 Å². The fourth-order valence-electron chi connectivity index (χ4n) is 5.27. The van der Waals surface area contributed by atoms with Gasteiger partial charge in [0.15, 0.2) is 0 Å². The van der Waals surface area contributed by atoms with Crippen LogP contribution in [0.15, 0.2) is 108 Å². The van der Waals surface area contributed by atoms with E-state index in [1.807, 2.05) is 0 Å². The van der Waals surface area contributed by atoms with Gasteiger partial charge in [-0.1, -0.05) is 85.8 Å². The number of halogens is 1. The Labute approximate surface area is 219 Å². The Morgan fingerprint density at radius 2 is 1.49 bits per heavy atom. The van der Waals surface area contributed by atoms with Gasteiger partial charge in [-0.3, -0.25) is 0 Å². The number of anilines is 2. The molecule has 3 heteroatoms. The second-order valence-corrected chi connectivity index (χ2v) is 12.2. The van der Waals surface area contributed by atoms with Gasteiger partial charge in [0.2, 0.25) is 0 Å². The average Bonchev–Trinajstić information content (AvgIpc) is 2.89. The first kappa shape index (κ1) is 23.8. The van der Waals surface area contributed by atoms with Crippen molar-refractivity contribution in [2.24, 2.45) is 0 Å². The fraction of sp³-hybridized carbons (Fsp3) is 0.219. The summed E-state index contributed by atoms with van der Waals surface area (Å²) in [7, 11) is 0. The Morgan fingerprint density at radius 3 is 2.20 bits per heavy atom. The van der Waals surface area contributed by atoms with Crippen LogP contribution < -0.4 is 8.43 Å². The van der Waals surface area contributed by atoms with E-state index in [4.69, 9.17) is 0 Å². The fourth-order valence-corrected chi connectivity index (χ4v) is 8.61. The summed E-state index contributed by atoms with van der Waals surface area (Å²) in [6, 6.07) is 35.1. The lowest BCUT2D eigenvalue weighted by Gasteiger charge is -2.42. The van der Waals surface area contributed by atoms with Crippen LogP contribution in [0.3, 0.4) is 0 Å². The van der Waals surface area contributed by atoms with E-state index in [-0.39, 0.29) is 26.4 Å². The smallest absolute Gasteiger partial charge is 0.0500 e. The minimum atomic E-state index is -0.349. The summed E-state index contributed by atoms with van der Waals surface area (Å²) in [5.41, 5.74) is 7.99. The summed E-state index contributed by atoms with van der Waals surface area (Å²) in [6.07, 6.45) is 0.997. The van der Waals surface area contributed by atoms with Gasteiger partial charge in [0, 0.05) is 47.9 Å². The standard InChI is InChI=1S/C32H33IN2/c1-5-35-29-21-20-26-16-12-13-19-28(26)30(29)32(4,22-25-14-8-6-9-15-25)31(33-35)23(2)24(3)34-27-17-10-7-11-18-27/h6-21,34H,5,22H2,1-4H3. The van der Waals surface area contributed by atoms with Crippen molar-refractivity contribution >= 4 is 46.7 Å². The van der Waals surface area contributed by atoms with Crippen molar-refractivity contribution in [3.63, 3.8) is 0 Å². The highest BCUT2D eigenvalue weighted by atomic mass is 127. The molecule has 0 amide bonds. The maximum absolute atomic E-state index is 3.69. The maximum atomic E-state index is 3.69. The number of hydrogen-bond acceptors (Lipinski definition) is 2. The predicted octanol–water partition coefficient (Wildman–Crippen LogP) is 8.64. The molecular formula is C32H33IN2. The highest BCUT2D eigenvalue weighted by Crippen LogP contribution is 2.50. The lowest BCUT2D eigenvalue weighted by Crippen LogP contribution is -2.40. The third-order valence-electron chi connectivity index (χ3n) is 7.07. The molecule has 0 saturated heterocycles. The van der Waals surface area contributed by atoms with Crippen molar-refractivity contribution in [1.82, 2.24) is 0 Å². The summed E-state index contributed by atoms with van der Waals surface area (Å²) >= 11 is -0.349. The number of rotatable bonds is 6. The molecule has 1 heterocycles. The molecule has 0 radical (unpaired) electrons. The second kappa shape index (κ2) is 9.98. The molecule has 0 spiro atoms. The van der Waals surface area contributed by atoms with E-state index in [9.17, 15) is 0 Å². The molecule has 0 fully saturated rings. The van der Waals surface area contributed by atoms with Crippen LogP contribution in [0.2, 0.25) is 0 Å². The van der Waals surface area contributed by atoms with Crippen molar-refractivity contribution in [2.45, 2.75) is 39.5 Å². The zero-order chi connectivity index (χ0) is 24.4. The summed E-state index contributed by atoms with van der Waals surface area (Å²) in [5.74, 6) is 0. The molecule has 1 atom stereocenters. The van der Waals surface area contributed by atoms with E-state index in [1.54, 1.807) is 3.51 Å². The highest BCUT2D eigenvalue weighted by molar-refractivity contribution is 14.2. The summed E-state index contributed by atoms with van der Waals surface area (Å²) in [6.45, 7) is 10.4. The average molecular weight is 573 g/mol. The van der Waals surface area contributed by atoms with Crippen LogP contribution in [0, 0.1) is 0 Å². The Hall–Kier alpha value is -2.92. The molecule has 0 saturated carbocycles. The van der Waals surface area contributed by atoms with Crippen LogP contribution in [-0.2, 0) is 11.8 Å². The molecule has 1 aliphatic heterocycles. The molecule has 0 aliphatic carbocycles. The zero-order valence-corrected chi connectivity index (χ0v) is 23.1. The molecule has 4 aromatic rings. The van der Waals surface area contributed by atoms with Gasteiger partial charge < -0.3 is 8.43 Å². The number of nitrogens with zero attached hydrogens (tertiary/aromatic N) is 1. The lowest BCUT2D eigenvalue weighted by atomic mass is 9.70. The van der Waals surface area contributed by atoms with Crippen LogP contribution in [0.1, 0.15) is 38.8 Å². The first-order chi connectivity index (χ1) is 17.0.